The number of anilines is 1. The average molecular weight is 396 g/mol. The highest BCUT2D eigenvalue weighted by atomic mass is 35.5. The van der Waals surface area contributed by atoms with Gasteiger partial charge >= 0.3 is 5.97 Å². The summed E-state index contributed by atoms with van der Waals surface area (Å²) in [4.78, 5) is 23.6. The Morgan fingerprint density at radius 2 is 1.78 bits per heavy atom. The lowest BCUT2D eigenvalue weighted by molar-refractivity contribution is -0.149. The molecule has 0 saturated carbocycles. The van der Waals surface area contributed by atoms with Crippen molar-refractivity contribution in [2.45, 2.75) is 13.3 Å². The fourth-order valence-electron chi connectivity index (χ4n) is 2.00. The Hall–Kier alpha value is -2.80. The lowest BCUT2D eigenvalue weighted by Crippen LogP contribution is -2.23. The zero-order valence-corrected chi connectivity index (χ0v) is 15.4. The third-order valence-electron chi connectivity index (χ3n) is 3.23. The molecule has 0 aliphatic rings. The number of hydrogen-bond acceptors (Lipinski definition) is 5. The topological polar surface area (TPSA) is 73.9 Å². The third kappa shape index (κ3) is 6.79. The smallest absolute Gasteiger partial charge is 0.344 e. The number of benzene rings is 2. The summed E-state index contributed by atoms with van der Waals surface area (Å²) in [5, 5.41) is 2.47. The van der Waals surface area contributed by atoms with Crippen LogP contribution in [0.2, 0.25) is 5.02 Å². The molecule has 0 heterocycles. The van der Waals surface area contributed by atoms with E-state index in [0.29, 0.717) is 18.1 Å². The van der Waals surface area contributed by atoms with E-state index in [1.165, 1.54) is 6.07 Å². The van der Waals surface area contributed by atoms with Gasteiger partial charge in [0.05, 0.1) is 17.3 Å². The summed E-state index contributed by atoms with van der Waals surface area (Å²) in [7, 11) is 0. The Morgan fingerprint density at radius 3 is 2.44 bits per heavy atom. The highest BCUT2D eigenvalue weighted by Gasteiger charge is 2.12. The normalized spacial score (nSPS) is 10.2. The van der Waals surface area contributed by atoms with Crippen molar-refractivity contribution in [2.24, 2.45) is 0 Å². The number of carbonyl (C=O) groups excluding carboxylic acids is 2. The average Bonchev–Trinajstić information content (AvgIpc) is 2.66. The predicted octanol–water partition coefficient (Wildman–Crippen LogP) is 3.83. The minimum Gasteiger partial charge on any atom is -0.490 e. The largest absolute Gasteiger partial charge is 0.490 e. The molecule has 8 heteroatoms. The molecule has 0 spiro atoms. The zero-order chi connectivity index (χ0) is 19.6. The van der Waals surface area contributed by atoms with Crippen LogP contribution in [0.5, 0.6) is 11.5 Å². The van der Waals surface area contributed by atoms with Crippen molar-refractivity contribution in [3.63, 3.8) is 0 Å². The second-order valence-corrected chi connectivity index (χ2v) is 5.82. The molecule has 144 valence electrons. The van der Waals surface area contributed by atoms with Gasteiger partial charge in [0, 0.05) is 0 Å². The van der Waals surface area contributed by atoms with Crippen molar-refractivity contribution in [3.05, 3.63) is 53.3 Å². The molecule has 0 bridgehead atoms. The first-order chi connectivity index (χ1) is 13.0. The van der Waals surface area contributed by atoms with Crippen molar-refractivity contribution < 1.29 is 28.2 Å². The van der Waals surface area contributed by atoms with Crippen molar-refractivity contribution in [2.75, 3.05) is 25.1 Å². The quantitative estimate of drug-likeness (QED) is 0.653. The summed E-state index contributed by atoms with van der Waals surface area (Å²) in [6.45, 7) is 1.60. The molecular formula is C19H19ClFNO5. The van der Waals surface area contributed by atoms with Gasteiger partial charge in [0.25, 0.3) is 5.91 Å². The van der Waals surface area contributed by atoms with Crippen LogP contribution < -0.4 is 14.8 Å². The van der Waals surface area contributed by atoms with Crippen LogP contribution >= 0.6 is 11.6 Å². The maximum absolute atomic E-state index is 13.0. The van der Waals surface area contributed by atoms with Gasteiger partial charge in [0.15, 0.2) is 24.7 Å². The second kappa shape index (κ2) is 10.4. The van der Waals surface area contributed by atoms with Gasteiger partial charge in [-0.2, -0.15) is 0 Å². The van der Waals surface area contributed by atoms with Crippen LogP contribution in [-0.4, -0.2) is 31.7 Å². The summed E-state index contributed by atoms with van der Waals surface area (Å²) in [6.07, 6.45) is 0.837. The molecule has 0 unspecified atom stereocenters. The first kappa shape index (κ1) is 20.5. The van der Waals surface area contributed by atoms with Gasteiger partial charge in [0.1, 0.15) is 5.82 Å². The number of para-hydroxylation sites is 2. The van der Waals surface area contributed by atoms with Gasteiger partial charge in [0.2, 0.25) is 0 Å². The predicted molar refractivity (Wildman–Crippen MR) is 98.7 cm³/mol. The fourth-order valence-corrected chi connectivity index (χ4v) is 2.22. The van der Waals surface area contributed by atoms with Crippen LogP contribution in [-0.2, 0) is 14.3 Å². The molecule has 0 aliphatic heterocycles. The van der Waals surface area contributed by atoms with E-state index >= 15 is 0 Å². The van der Waals surface area contributed by atoms with Crippen LogP contribution in [0.1, 0.15) is 13.3 Å². The van der Waals surface area contributed by atoms with Crippen molar-refractivity contribution in [3.8, 4) is 11.5 Å². The molecule has 2 aromatic rings. The van der Waals surface area contributed by atoms with E-state index in [-0.39, 0.29) is 17.3 Å². The number of ether oxygens (including phenoxy) is 3. The zero-order valence-electron chi connectivity index (χ0n) is 14.7. The standard InChI is InChI=1S/C19H19ClFNO5/c1-2-9-25-16-5-3-4-6-17(16)26-12-19(24)27-11-18(23)22-15-8-7-13(21)10-14(15)20/h3-8,10H,2,9,11-12H2,1H3,(H,22,23). The number of esters is 1. The number of rotatable bonds is 9. The molecule has 2 rings (SSSR count). The number of carbonyl (C=O) groups is 2. The van der Waals surface area contributed by atoms with E-state index in [2.05, 4.69) is 5.32 Å². The van der Waals surface area contributed by atoms with Gasteiger partial charge in [-0.05, 0) is 36.8 Å². The minimum atomic E-state index is -0.722. The molecule has 6 nitrogen and oxygen atoms in total. The highest BCUT2D eigenvalue weighted by molar-refractivity contribution is 6.33. The first-order valence-corrected chi connectivity index (χ1v) is 8.62. The lowest BCUT2D eigenvalue weighted by Gasteiger charge is -2.12. The first-order valence-electron chi connectivity index (χ1n) is 8.24. The third-order valence-corrected chi connectivity index (χ3v) is 3.54. The maximum atomic E-state index is 13.0. The molecule has 1 N–H and O–H groups in total. The van der Waals surface area contributed by atoms with E-state index in [0.717, 1.165) is 18.6 Å². The van der Waals surface area contributed by atoms with E-state index in [1.54, 1.807) is 24.3 Å². The molecule has 0 fully saturated rings. The van der Waals surface area contributed by atoms with E-state index in [4.69, 9.17) is 25.8 Å². The van der Waals surface area contributed by atoms with Gasteiger partial charge in [-0.15, -0.1) is 0 Å². The van der Waals surface area contributed by atoms with Crippen LogP contribution in [0.15, 0.2) is 42.5 Å². The highest BCUT2D eigenvalue weighted by Crippen LogP contribution is 2.26. The molecule has 0 saturated heterocycles. The van der Waals surface area contributed by atoms with Crippen LogP contribution in [0.4, 0.5) is 10.1 Å². The molecule has 0 aliphatic carbocycles. The molecule has 2 aromatic carbocycles. The van der Waals surface area contributed by atoms with Crippen molar-refractivity contribution in [1.29, 1.82) is 0 Å². The Morgan fingerprint density at radius 1 is 1.07 bits per heavy atom. The summed E-state index contributed by atoms with van der Waals surface area (Å²) >= 11 is 5.81. The SMILES string of the molecule is CCCOc1ccccc1OCC(=O)OCC(=O)Nc1ccc(F)cc1Cl. The minimum absolute atomic E-state index is 0.0432. The lowest BCUT2D eigenvalue weighted by atomic mass is 10.3. The summed E-state index contributed by atoms with van der Waals surface area (Å²) < 4.78 is 28.7. The number of hydrogen-bond donors (Lipinski definition) is 1. The summed E-state index contributed by atoms with van der Waals surface area (Å²) in [6, 6.07) is 10.5. The molecule has 27 heavy (non-hydrogen) atoms. The summed E-state index contributed by atoms with van der Waals surface area (Å²) in [5.41, 5.74) is 0.220. The molecular weight excluding hydrogens is 377 g/mol. The Kier molecular flexibility index (Phi) is 7.88. The Bertz CT molecular complexity index is 799. The van der Waals surface area contributed by atoms with Gasteiger partial charge in [-0.1, -0.05) is 30.7 Å². The Balaban J connectivity index is 1.78. The van der Waals surface area contributed by atoms with E-state index in [1.807, 2.05) is 6.92 Å². The van der Waals surface area contributed by atoms with Crippen LogP contribution in [0.25, 0.3) is 0 Å². The van der Waals surface area contributed by atoms with E-state index < -0.39 is 24.3 Å². The molecule has 0 atom stereocenters. The van der Waals surface area contributed by atoms with Crippen molar-refractivity contribution in [1.82, 2.24) is 0 Å². The van der Waals surface area contributed by atoms with Crippen LogP contribution in [0.3, 0.4) is 0 Å². The maximum Gasteiger partial charge on any atom is 0.344 e. The molecule has 0 aromatic heterocycles. The van der Waals surface area contributed by atoms with E-state index in [9.17, 15) is 14.0 Å². The van der Waals surface area contributed by atoms with Crippen LogP contribution in [0, 0.1) is 5.82 Å². The molecule has 1 amide bonds. The number of amides is 1. The molecule has 0 radical (unpaired) electrons. The van der Waals surface area contributed by atoms with Gasteiger partial charge in [-0.3, -0.25) is 4.79 Å². The fraction of sp³-hybridized carbons (Fsp3) is 0.263. The Labute approximate surface area is 161 Å². The number of halogens is 2. The van der Waals surface area contributed by atoms with Gasteiger partial charge in [-0.25, -0.2) is 9.18 Å². The van der Waals surface area contributed by atoms with Crippen molar-refractivity contribution >= 4 is 29.2 Å². The van der Waals surface area contributed by atoms with Gasteiger partial charge < -0.3 is 19.5 Å². The second-order valence-electron chi connectivity index (χ2n) is 5.42. The monoisotopic (exact) mass is 395 g/mol. The summed E-state index contributed by atoms with van der Waals surface area (Å²) in [5.74, 6) is -0.921. The number of nitrogens with one attached hydrogen (secondary N) is 1.